The van der Waals surface area contributed by atoms with E-state index in [0.717, 1.165) is 36.7 Å². The monoisotopic (exact) mass is 255 g/mol. The number of piperidine rings is 1. The van der Waals surface area contributed by atoms with Gasteiger partial charge in [0.1, 0.15) is 5.69 Å². The van der Waals surface area contributed by atoms with Gasteiger partial charge in [-0.2, -0.15) is 0 Å². The van der Waals surface area contributed by atoms with E-state index < -0.39 is 0 Å². The molecule has 0 spiro atoms. The van der Waals surface area contributed by atoms with Crippen LogP contribution < -0.4 is 10.6 Å². The third-order valence-corrected chi connectivity index (χ3v) is 3.56. The van der Waals surface area contributed by atoms with Crippen molar-refractivity contribution in [1.82, 2.24) is 15.6 Å². The van der Waals surface area contributed by atoms with Crippen LogP contribution in [0.15, 0.2) is 36.5 Å². The number of rotatable bonds is 2. The van der Waals surface area contributed by atoms with Crippen LogP contribution in [0, 0.1) is 0 Å². The van der Waals surface area contributed by atoms with Gasteiger partial charge in [-0.3, -0.25) is 9.78 Å². The summed E-state index contributed by atoms with van der Waals surface area (Å²) in [5, 5.41) is 8.34. The van der Waals surface area contributed by atoms with Crippen molar-refractivity contribution in [3.63, 3.8) is 0 Å². The van der Waals surface area contributed by atoms with Crippen LogP contribution in [0.2, 0.25) is 0 Å². The molecule has 2 aromatic rings. The summed E-state index contributed by atoms with van der Waals surface area (Å²) < 4.78 is 0. The third kappa shape index (κ3) is 2.58. The van der Waals surface area contributed by atoms with Gasteiger partial charge in [-0.15, -0.1) is 0 Å². The van der Waals surface area contributed by atoms with E-state index in [4.69, 9.17) is 0 Å². The average molecular weight is 255 g/mol. The Labute approximate surface area is 112 Å². The van der Waals surface area contributed by atoms with Crippen molar-refractivity contribution in [1.29, 1.82) is 0 Å². The van der Waals surface area contributed by atoms with E-state index in [0.29, 0.717) is 5.69 Å². The van der Waals surface area contributed by atoms with E-state index in [9.17, 15) is 4.79 Å². The summed E-state index contributed by atoms with van der Waals surface area (Å²) in [4.78, 5) is 16.6. The number of hydrogen-bond donors (Lipinski definition) is 2. The molecule has 1 fully saturated rings. The highest BCUT2D eigenvalue weighted by Gasteiger charge is 2.18. The predicted octanol–water partition coefficient (Wildman–Crippen LogP) is 1.72. The quantitative estimate of drug-likeness (QED) is 0.859. The highest BCUT2D eigenvalue weighted by molar-refractivity contribution is 6.05. The third-order valence-electron chi connectivity index (χ3n) is 3.56. The van der Waals surface area contributed by atoms with Crippen molar-refractivity contribution < 1.29 is 4.79 Å². The van der Waals surface area contributed by atoms with Crippen molar-refractivity contribution in [2.45, 2.75) is 18.9 Å². The average Bonchev–Trinajstić information content (AvgIpc) is 2.47. The molecule has 3 rings (SSSR count). The van der Waals surface area contributed by atoms with Crippen LogP contribution in [0.5, 0.6) is 0 Å². The second-order valence-electron chi connectivity index (χ2n) is 4.88. The number of nitrogens with zero attached hydrogens (tertiary/aromatic N) is 1. The number of pyridine rings is 1. The number of nitrogens with one attached hydrogen (secondary N) is 2. The number of carbonyl (C=O) groups excluding carboxylic acids is 1. The number of amides is 1. The van der Waals surface area contributed by atoms with E-state index >= 15 is 0 Å². The standard InChI is InChI=1S/C15H17N3O/c19-15(18-12-6-8-16-9-7-12)14-13-4-2-1-3-11(13)5-10-17-14/h1-5,10,12,16H,6-9H2,(H,18,19). The molecule has 2 N–H and O–H groups in total. The van der Waals surface area contributed by atoms with Crippen molar-refractivity contribution in [2.24, 2.45) is 0 Å². The second kappa shape index (κ2) is 5.36. The van der Waals surface area contributed by atoms with E-state index in [1.165, 1.54) is 0 Å². The summed E-state index contributed by atoms with van der Waals surface area (Å²) in [5.41, 5.74) is 0.525. The molecule has 0 bridgehead atoms. The minimum atomic E-state index is -0.0660. The summed E-state index contributed by atoms with van der Waals surface area (Å²) in [6.45, 7) is 1.93. The van der Waals surface area contributed by atoms with Gasteiger partial charge in [0.15, 0.2) is 0 Å². The Morgan fingerprint density at radius 1 is 1.21 bits per heavy atom. The Morgan fingerprint density at radius 2 is 2.00 bits per heavy atom. The van der Waals surface area contributed by atoms with Crippen LogP contribution in [-0.2, 0) is 0 Å². The van der Waals surface area contributed by atoms with Gasteiger partial charge in [-0.1, -0.05) is 24.3 Å². The normalized spacial score (nSPS) is 16.4. The molecule has 1 aromatic heterocycles. The Hall–Kier alpha value is -1.94. The van der Waals surface area contributed by atoms with Crippen molar-refractivity contribution in [2.75, 3.05) is 13.1 Å². The number of aromatic nitrogens is 1. The number of carbonyl (C=O) groups is 1. The molecule has 4 heteroatoms. The van der Waals surface area contributed by atoms with Crippen LogP contribution in [0.3, 0.4) is 0 Å². The Kier molecular flexibility index (Phi) is 3.42. The molecular formula is C15H17N3O. The highest BCUT2D eigenvalue weighted by atomic mass is 16.1. The SMILES string of the molecule is O=C(NC1CCNCC1)c1nccc2ccccc12. The zero-order valence-electron chi connectivity index (χ0n) is 10.7. The maximum atomic E-state index is 12.3. The largest absolute Gasteiger partial charge is 0.348 e. The van der Waals surface area contributed by atoms with Gasteiger partial charge < -0.3 is 10.6 Å². The molecule has 0 saturated carbocycles. The van der Waals surface area contributed by atoms with Gasteiger partial charge >= 0.3 is 0 Å². The lowest BCUT2D eigenvalue weighted by Crippen LogP contribution is -2.43. The van der Waals surface area contributed by atoms with Gasteiger partial charge in [0.25, 0.3) is 5.91 Å². The fourth-order valence-corrected chi connectivity index (χ4v) is 2.52. The van der Waals surface area contributed by atoms with Gasteiger partial charge in [-0.25, -0.2) is 0 Å². The molecule has 0 unspecified atom stereocenters. The van der Waals surface area contributed by atoms with Crippen LogP contribution >= 0.6 is 0 Å². The molecule has 1 saturated heterocycles. The lowest BCUT2D eigenvalue weighted by Gasteiger charge is -2.23. The molecule has 2 heterocycles. The first-order valence-corrected chi connectivity index (χ1v) is 6.70. The van der Waals surface area contributed by atoms with E-state index in [1.807, 2.05) is 30.3 Å². The minimum absolute atomic E-state index is 0.0660. The molecule has 1 aliphatic heterocycles. The summed E-state index contributed by atoms with van der Waals surface area (Å²) >= 11 is 0. The number of hydrogen-bond acceptors (Lipinski definition) is 3. The zero-order chi connectivity index (χ0) is 13.1. The molecule has 0 atom stereocenters. The van der Waals surface area contributed by atoms with Crippen LogP contribution in [0.1, 0.15) is 23.3 Å². The van der Waals surface area contributed by atoms with Crippen molar-refractivity contribution in [3.8, 4) is 0 Å². The molecular weight excluding hydrogens is 238 g/mol. The molecule has 1 amide bonds. The maximum absolute atomic E-state index is 12.3. The van der Waals surface area contributed by atoms with E-state index in [1.54, 1.807) is 6.20 Å². The topological polar surface area (TPSA) is 54.0 Å². The van der Waals surface area contributed by atoms with E-state index in [2.05, 4.69) is 15.6 Å². The Bertz CT molecular complexity index is 585. The Morgan fingerprint density at radius 3 is 2.84 bits per heavy atom. The molecule has 4 nitrogen and oxygen atoms in total. The summed E-state index contributed by atoms with van der Waals surface area (Å²) in [6.07, 6.45) is 3.66. The minimum Gasteiger partial charge on any atom is -0.348 e. The fourth-order valence-electron chi connectivity index (χ4n) is 2.52. The summed E-state index contributed by atoms with van der Waals surface area (Å²) in [6, 6.07) is 10.0. The zero-order valence-corrected chi connectivity index (χ0v) is 10.7. The molecule has 0 radical (unpaired) electrons. The van der Waals surface area contributed by atoms with Crippen molar-refractivity contribution >= 4 is 16.7 Å². The van der Waals surface area contributed by atoms with Crippen LogP contribution in [0.25, 0.3) is 10.8 Å². The Balaban J connectivity index is 1.85. The highest BCUT2D eigenvalue weighted by Crippen LogP contribution is 2.16. The lowest BCUT2D eigenvalue weighted by atomic mass is 10.1. The first kappa shape index (κ1) is 12.1. The number of benzene rings is 1. The first-order valence-electron chi connectivity index (χ1n) is 6.70. The molecule has 1 aromatic carbocycles. The van der Waals surface area contributed by atoms with Gasteiger partial charge in [0, 0.05) is 17.6 Å². The van der Waals surface area contributed by atoms with Crippen LogP contribution in [0.4, 0.5) is 0 Å². The van der Waals surface area contributed by atoms with E-state index in [-0.39, 0.29) is 11.9 Å². The lowest BCUT2D eigenvalue weighted by molar-refractivity contribution is 0.0926. The second-order valence-corrected chi connectivity index (χ2v) is 4.88. The number of fused-ring (bicyclic) bond motifs is 1. The van der Waals surface area contributed by atoms with Gasteiger partial charge in [-0.05, 0) is 37.4 Å². The first-order chi connectivity index (χ1) is 9.34. The summed E-state index contributed by atoms with van der Waals surface area (Å²) in [7, 11) is 0. The maximum Gasteiger partial charge on any atom is 0.270 e. The van der Waals surface area contributed by atoms with Gasteiger partial charge in [0.2, 0.25) is 0 Å². The molecule has 98 valence electrons. The van der Waals surface area contributed by atoms with Crippen LogP contribution in [-0.4, -0.2) is 30.0 Å². The summed E-state index contributed by atoms with van der Waals surface area (Å²) in [5.74, 6) is -0.0660. The molecule has 19 heavy (non-hydrogen) atoms. The van der Waals surface area contributed by atoms with Crippen molar-refractivity contribution in [3.05, 3.63) is 42.2 Å². The van der Waals surface area contributed by atoms with Gasteiger partial charge in [0.05, 0.1) is 0 Å². The predicted molar refractivity (Wildman–Crippen MR) is 75.1 cm³/mol. The molecule has 1 aliphatic rings. The molecule has 0 aliphatic carbocycles. The fraction of sp³-hybridized carbons (Fsp3) is 0.333. The smallest absolute Gasteiger partial charge is 0.270 e.